The molecule has 1 aliphatic rings. The third-order valence-electron chi connectivity index (χ3n) is 5.23. The zero-order valence-corrected chi connectivity index (χ0v) is 18.1. The van der Waals surface area contributed by atoms with Gasteiger partial charge >= 0.3 is 0 Å². The van der Waals surface area contributed by atoms with Gasteiger partial charge < -0.3 is 15.1 Å². The second-order valence-corrected chi connectivity index (χ2v) is 9.38. The van der Waals surface area contributed by atoms with Gasteiger partial charge in [-0.2, -0.15) is 4.31 Å². The van der Waals surface area contributed by atoms with Crippen LogP contribution in [-0.2, 0) is 16.6 Å². The molecule has 8 nitrogen and oxygen atoms in total. The summed E-state index contributed by atoms with van der Waals surface area (Å²) in [7, 11) is -3.45. The van der Waals surface area contributed by atoms with E-state index in [2.05, 4.69) is 10.6 Å². The molecule has 2 N–H and O–H groups in total. The molecular formula is C23H23N3O5S. The van der Waals surface area contributed by atoms with Gasteiger partial charge in [-0.05, 0) is 66.9 Å². The zero-order valence-electron chi connectivity index (χ0n) is 17.3. The molecule has 9 heteroatoms. The number of amides is 2. The average molecular weight is 454 g/mol. The lowest BCUT2D eigenvalue weighted by atomic mass is 10.1. The van der Waals surface area contributed by atoms with Gasteiger partial charge in [0, 0.05) is 30.9 Å². The van der Waals surface area contributed by atoms with Crippen LogP contribution in [0.25, 0.3) is 0 Å². The van der Waals surface area contributed by atoms with E-state index in [1.165, 1.54) is 10.6 Å². The van der Waals surface area contributed by atoms with Crippen LogP contribution in [0.3, 0.4) is 0 Å². The highest BCUT2D eigenvalue weighted by molar-refractivity contribution is 7.89. The van der Waals surface area contributed by atoms with Crippen LogP contribution < -0.4 is 10.6 Å². The molecule has 0 unspecified atom stereocenters. The van der Waals surface area contributed by atoms with Crippen LogP contribution in [-0.4, -0.2) is 37.6 Å². The number of furan rings is 1. The maximum atomic E-state index is 12.6. The second kappa shape index (κ2) is 9.37. The van der Waals surface area contributed by atoms with E-state index in [4.69, 9.17) is 4.42 Å². The van der Waals surface area contributed by atoms with Gasteiger partial charge in [-0.3, -0.25) is 9.59 Å². The molecule has 2 aromatic carbocycles. The molecule has 0 saturated carbocycles. The monoisotopic (exact) mass is 453 g/mol. The molecule has 0 aliphatic carbocycles. The molecule has 0 radical (unpaired) electrons. The van der Waals surface area contributed by atoms with Gasteiger partial charge in [0.2, 0.25) is 10.0 Å². The number of sulfonamides is 1. The third-order valence-corrected chi connectivity index (χ3v) is 7.14. The summed E-state index contributed by atoms with van der Waals surface area (Å²) in [6.07, 6.45) is 3.20. The van der Waals surface area contributed by atoms with Gasteiger partial charge in [0.25, 0.3) is 11.8 Å². The molecule has 4 rings (SSSR count). The van der Waals surface area contributed by atoms with E-state index in [0.29, 0.717) is 24.3 Å². The van der Waals surface area contributed by atoms with Crippen LogP contribution in [0.2, 0.25) is 0 Å². The van der Waals surface area contributed by atoms with Crippen molar-refractivity contribution in [3.05, 3.63) is 83.8 Å². The van der Waals surface area contributed by atoms with Crippen molar-refractivity contribution in [2.24, 2.45) is 0 Å². The van der Waals surface area contributed by atoms with E-state index >= 15 is 0 Å². The molecular weight excluding hydrogens is 430 g/mol. The molecule has 0 atom stereocenters. The minimum Gasteiger partial charge on any atom is -0.459 e. The fourth-order valence-electron chi connectivity index (χ4n) is 3.45. The summed E-state index contributed by atoms with van der Waals surface area (Å²) in [4.78, 5) is 24.7. The molecule has 1 saturated heterocycles. The smallest absolute Gasteiger partial charge is 0.291 e. The number of hydrogen-bond donors (Lipinski definition) is 2. The van der Waals surface area contributed by atoms with Crippen LogP contribution in [0.4, 0.5) is 5.69 Å². The van der Waals surface area contributed by atoms with Crippen LogP contribution >= 0.6 is 0 Å². The van der Waals surface area contributed by atoms with E-state index in [1.807, 2.05) is 0 Å². The molecule has 1 aliphatic heterocycles. The fourth-order valence-corrected chi connectivity index (χ4v) is 4.96. The van der Waals surface area contributed by atoms with Crippen molar-refractivity contribution in [1.82, 2.24) is 9.62 Å². The first-order chi connectivity index (χ1) is 15.4. The molecule has 0 spiro atoms. The van der Waals surface area contributed by atoms with Crippen LogP contribution in [0.5, 0.6) is 0 Å². The fraction of sp³-hybridized carbons (Fsp3) is 0.217. The summed E-state index contributed by atoms with van der Waals surface area (Å²) in [6.45, 7) is 1.39. The van der Waals surface area contributed by atoms with Crippen LogP contribution in [0.15, 0.2) is 76.2 Å². The normalized spacial score (nSPS) is 14.2. The number of rotatable bonds is 7. The number of hydrogen-bond acceptors (Lipinski definition) is 5. The molecule has 2 heterocycles. The highest BCUT2D eigenvalue weighted by atomic mass is 32.2. The Kier molecular flexibility index (Phi) is 6.38. The van der Waals surface area contributed by atoms with Crippen molar-refractivity contribution in [3.8, 4) is 0 Å². The Labute approximate surface area is 186 Å². The third kappa shape index (κ3) is 4.90. The first-order valence-electron chi connectivity index (χ1n) is 10.3. The number of benzene rings is 2. The molecule has 3 aromatic rings. The Balaban J connectivity index is 1.32. The van der Waals surface area contributed by atoms with Gasteiger partial charge in [-0.1, -0.05) is 12.1 Å². The number of anilines is 1. The highest BCUT2D eigenvalue weighted by Gasteiger charge is 2.26. The van der Waals surface area contributed by atoms with Crippen molar-refractivity contribution in [3.63, 3.8) is 0 Å². The first kappa shape index (κ1) is 21.8. The van der Waals surface area contributed by atoms with E-state index in [9.17, 15) is 18.0 Å². The summed E-state index contributed by atoms with van der Waals surface area (Å²) >= 11 is 0. The van der Waals surface area contributed by atoms with Crippen molar-refractivity contribution < 1.29 is 22.4 Å². The quantitative estimate of drug-likeness (QED) is 0.571. The molecule has 1 aromatic heterocycles. The van der Waals surface area contributed by atoms with E-state index in [0.717, 1.165) is 18.4 Å². The summed E-state index contributed by atoms with van der Waals surface area (Å²) in [5.41, 5.74) is 1.77. The number of carbonyl (C=O) groups is 2. The Morgan fingerprint density at radius 2 is 1.59 bits per heavy atom. The van der Waals surface area contributed by atoms with E-state index < -0.39 is 10.0 Å². The predicted octanol–water partition coefficient (Wildman–Crippen LogP) is 3.25. The Morgan fingerprint density at radius 1 is 0.906 bits per heavy atom. The zero-order chi connectivity index (χ0) is 22.6. The number of carbonyl (C=O) groups excluding carboxylic acids is 2. The lowest BCUT2D eigenvalue weighted by Gasteiger charge is -2.15. The van der Waals surface area contributed by atoms with Gasteiger partial charge in [0.1, 0.15) is 0 Å². The lowest BCUT2D eigenvalue weighted by Crippen LogP contribution is -2.28. The highest BCUT2D eigenvalue weighted by Crippen LogP contribution is 2.21. The SMILES string of the molecule is O=C(NCc1ccc(S(=O)(=O)N2CCCC2)cc1)c1ccc(NC(=O)c2ccco2)cc1. The molecule has 2 amide bonds. The van der Waals surface area contributed by atoms with Crippen LogP contribution in [0, 0.1) is 0 Å². The topological polar surface area (TPSA) is 109 Å². The molecule has 32 heavy (non-hydrogen) atoms. The first-order valence-corrected chi connectivity index (χ1v) is 11.7. The van der Waals surface area contributed by atoms with Crippen molar-refractivity contribution in [2.75, 3.05) is 18.4 Å². The Bertz CT molecular complexity index is 1180. The van der Waals surface area contributed by atoms with Gasteiger partial charge in [-0.25, -0.2) is 8.42 Å². The molecule has 166 valence electrons. The Morgan fingerprint density at radius 3 is 2.22 bits per heavy atom. The summed E-state index contributed by atoms with van der Waals surface area (Å²) in [6, 6.07) is 16.2. The average Bonchev–Trinajstić information content (AvgIpc) is 3.53. The van der Waals surface area contributed by atoms with E-state index in [-0.39, 0.29) is 29.0 Å². The maximum Gasteiger partial charge on any atom is 0.291 e. The van der Waals surface area contributed by atoms with Crippen molar-refractivity contribution in [1.29, 1.82) is 0 Å². The Hall–Kier alpha value is -3.43. The van der Waals surface area contributed by atoms with Crippen molar-refractivity contribution in [2.45, 2.75) is 24.3 Å². The summed E-state index contributed by atoms with van der Waals surface area (Å²) < 4.78 is 31.7. The number of nitrogens with zero attached hydrogens (tertiary/aromatic N) is 1. The number of nitrogens with one attached hydrogen (secondary N) is 2. The van der Waals surface area contributed by atoms with Gasteiger partial charge in [-0.15, -0.1) is 0 Å². The molecule has 0 bridgehead atoms. The molecule has 1 fully saturated rings. The summed E-state index contributed by atoms with van der Waals surface area (Å²) in [5.74, 6) is -0.448. The predicted molar refractivity (Wildman–Crippen MR) is 119 cm³/mol. The van der Waals surface area contributed by atoms with Gasteiger partial charge in [0.05, 0.1) is 11.2 Å². The largest absolute Gasteiger partial charge is 0.459 e. The van der Waals surface area contributed by atoms with Crippen molar-refractivity contribution >= 4 is 27.5 Å². The minimum absolute atomic E-state index is 0.200. The maximum absolute atomic E-state index is 12.6. The summed E-state index contributed by atoms with van der Waals surface area (Å²) in [5, 5.41) is 5.50. The lowest BCUT2D eigenvalue weighted by molar-refractivity contribution is 0.0950. The minimum atomic E-state index is -3.45. The van der Waals surface area contributed by atoms with Gasteiger partial charge in [0.15, 0.2) is 5.76 Å². The standard InChI is InChI=1S/C23H23N3O5S/c27-22(18-7-9-19(10-8-18)25-23(28)21-4-3-15-31-21)24-16-17-5-11-20(12-6-17)32(29,30)26-13-1-2-14-26/h3-12,15H,1-2,13-14,16H2,(H,24,27)(H,25,28). The van der Waals surface area contributed by atoms with E-state index in [1.54, 1.807) is 60.7 Å². The second-order valence-electron chi connectivity index (χ2n) is 7.45. The van der Waals surface area contributed by atoms with Crippen LogP contribution in [0.1, 0.15) is 39.3 Å².